The van der Waals surface area contributed by atoms with Crippen molar-refractivity contribution in [1.82, 2.24) is 5.32 Å². The van der Waals surface area contributed by atoms with Crippen molar-refractivity contribution >= 4 is 35.1 Å². The van der Waals surface area contributed by atoms with Crippen molar-refractivity contribution in [1.29, 1.82) is 5.26 Å². The van der Waals surface area contributed by atoms with Crippen LogP contribution in [0.4, 0.5) is 0 Å². The molecule has 27 heavy (non-hydrogen) atoms. The van der Waals surface area contributed by atoms with Crippen LogP contribution >= 0.6 is 23.4 Å². The van der Waals surface area contributed by atoms with Gasteiger partial charge in [0.2, 0.25) is 0 Å². The van der Waals surface area contributed by atoms with Crippen molar-refractivity contribution in [2.45, 2.75) is 39.7 Å². The molecule has 0 fully saturated rings. The first kappa shape index (κ1) is 21.1. The molecule has 0 amide bonds. The fourth-order valence-electron chi connectivity index (χ4n) is 2.91. The minimum absolute atomic E-state index is 0.0711. The van der Waals surface area contributed by atoms with Crippen LogP contribution in [-0.2, 0) is 14.3 Å². The molecular formula is C20H21ClN2O3S. The summed E-state index contributed by atoms with van der Waals surface area (Å²) >= 11 is 7.18. The van der Waals surface area contributed by atoms with E-state index >= 15 is 0 Å². The van der Waals surface area contributed by atoms with Gasteiger partial charge in [-0.3, -0.25) is 9.59 Å². The number of nitriles is 1. The van der Waals surface area contributed by atoms with E-state index in [9.17, 15) is 14.9 Å². The molecule has 2 rings (SSSR count). The fourth-order valence-corrected chi connectivity index (χ4v) is 3.91. The lowest BCUT2D eigenvalue weighted by Gasteiger charge is -2.29. The molecule has 1 aliphatic heterocycles. The van der Waals surface area contributed by atoms with Gasteiger partial charge in [0.05, 0.1) is 34.4 Å². The topological polar surface area (TPSA) is 79.2 Å². The largest absolute Gasteiger partial charge is 0.462 e. The fraction of sp³-hybridized carbons (Fsp3) is 0.350. The Kier molecular flexibility index (Phi) is 7.11. The summed E-state index contributed by atoms with van der Waals surface area (Å²) in [7, 11) is 0. The molecule has 0 saturated carbocycles. The van der Waals surface area contributed by atoms with E-state index in [0.717, 1.165) is 5.56 Å². The van der Waals surface area contributed by atoms with Crippen LogP contribution in [0, 0.1) is 11.3 Å². The molecule has 1 atom stereocenters. The van der Waals surface area contributed by atoms with E-state index in [0.29, 0.717) is 26.9 Å². The number of rotatable bonds is 6. The van der Waals surface area contributed by atoms with Crippen molar-refractivity contribution in [2.75, 3.05) is 5.75 Å². The zero-order valence-corrected chi connectivity index (χ0v) is 17.2. The lowest BCUT2D eigenvalue weighted by molar-refractivity contribution is -0.144. The Morgan fingerprint density at radius 2 is 1.96 bits per heavy atom. The SMILES string of the molecule is CC(=O)C1=C(C)NC(SCC(=O)OC(C)C)=C(C#N)[C@H]1c1ccc(Cl)cc1. The number of esters is 1. The summed E-state index contributed by atoms with van der Waals surface area (Å²) in [6.45, 7) is 6.84. The van der Waals surface area contributed by atoms with E-state index < -0.39 is 5.92 Å². The molecule has 0 bridgehead atoms. The van der Waals surface area contributed by atoms with Crippen LogP contribution in [0.3, 0.4) is 0 Å². The average molecular weight is 405 g/mol. The lowest BCUT2D eigenvalue weighted by Crippen LogP contribution is -2.27. The minimum Gasteiger partial charge on any atom is -0.462 e. The predicted molar refractivity (Wildman–Crippen MR) is 107 cm³/mol. The van der Waals surface area contributed by atoms with Crippen LogP contribution in [0.5, 0.6) is 0 Å². The van der Waals surface area contributed by atoms with Crippen LogP contribution in [0.25, 0.3) is 0 Å². The Morgan fingerprint density at radius 3 is 2.48 bits per heavy atom. The molecule has 0 unspecified atom stereocenters. The highest BCUT2D eigenvalue weighted by molar-refractivity contribution is 8.03. The molecule has 1 N–H and O–H groups in total. The molecule has 0 aromatic heterocycles. The van der Waals surface area contributed by atoms with Gasteiger partial charge in [-0.1, -0.05) is 35.5 Å². The molecule has 142 valence electrons. The zero-order chi connectivity index (χ0) is 20.1. The van der Waals surface area contributed by atoms with E-state index in [2.05, 4.69) is 11.4 Å². The normalized spacial score (nSPS) is 16.9. The summed E-state index contributed by atoms with van der Waals surface area (Å²) in [5, 5.41) is 14.1. The number of ether oxygens (including phenoxy) is 1. The third kappa shape index (κ3) is 5.15. The highest BCUT2D eigenvalue weighted by atomic mass is 35.5. The van der Waals surface area contributed by atoms with Crippen LogP contribution < -0.4 is 5.32 Å². The van der Waals surface area contributed by atoms with Gasteiger partial charge in [-0.25, -0.2) is 0 Å². The summed E-state index contributed by atoms with van der Waals surface area (Å²) in [5.74, 6) is -0.906. The van der Waals surface area contributed by atoms with Crippen LogP contribution in [0.2, 0.25) is 5.02 Å². The van der Waals surface area contributed by atoms with Crippen molar-refractivity contribution < 1.29 is 14.3 Å². The van der Waals surface area contributed by atoms with Gasteiger partial charge in [-0.2, -0.15) is 5.26 Å². The average Bonchev–Trinajstić information content (AvgIpc) is 2.59. The summed E-state index contributed by atoms with van der Waals surface area (Å²) in [6.07, 6.45) is -0.199. The van der Waals surface area contributed by atoms with Gasteiger partial charge >= 0.3 is 5.97 Å². The molecule has 1 heterocycles. The van der Waals surface area contributed by atoms with Gasteiger partial charge in [0.1, 0.15) is 0 Å². The number of ketones is 1. The zero-order valence-electron chi connectivity index (χ0n) is 15.6. The number of halogens is 1. The van der Waals surface area contributed by atoms with Crippen molar-refractivity contribution in [3.8, 4) is 6.07 Å². The van der Waals surface area contributed by atoms with Crippen LogP contribution in [-0.4, -0.2) is 23.6 Å². The van der Waals surface area contributed by atoms with Crippen molar-refractivity contribution in [2.24, 2.45) is 0 Å². The second kappa shape index (κ2) is 9.12. The Labute approximate surface area is 168 Å². The second-order valence-corrected chi connectivity index (χ2v) is 7.81. The van der Waals surface area contributed by atoms with Crippen molar-refractivity contribution in [3.05, 3.63) is 56.7 Å². The lowest BCUT2D eigenvalue weighted by atomic mass is 9.81. The molecule has 0 aliphatic carbocycles. The Hall–Kier alpha value is -2.23. The first-order valence-corrected chi connectivity index (χ1v) is 9.81. The quantitative estimate of drug-likeness (QED) is 0.711. The molecule has 0 spiro atoms. The number of thioether (sulfide) groups is 1. The molecule has 1 aromatic carbocycles. The van der Waals surface area contributed by atoms with E-state index in [1.807, 2.05) is 0 Å². The van der Waals surface area contributed by atoms with Gasteiger partial charge in [0, 0.05) is 16.3 Å². The maximum atomic E-state index is 12.3. The molecule has 0 saturated heterocycles. The minimum atomic E-state index is -0.505. The Balaban J connectivity index is 2.43. The van der Waals surface area contributed by atoms with E-state index in [4.69, 9.17) is 16.3 Å². The molecule has 1 aliphatic rings. The number of benzene rings is 1. The van der Waals surface area contributed by atoms with Crippen molar-refractivity contribution in [3.63, 3.8) is 0 Å². The monoisotopic (exact) mass is 404 g/mol. The third-order valence-electron chi connectivity index (χ3n) is 3.93. The molecule has 0 radical (unpaired) electrons. The number of carbonyl (C=O) groups excluding carboxylic acids is 2. The van der Waals surface area contributed by atoms with Crippen LogP contribution in [0.15, 0.2) is 46.1 Å². The molecule has 1 aromatic rings. The number of nitrogens with zero attached hydrogens (tertiary/aromatic N) is 1. The standard InChI is InChI=1S/C20H21ClN2O3S/c1-11(2)26-17(25)10-27-20-16(9-22)19(14-5-7-15(21)8-6-14)18(13(4)24)12(3)23-20/h5-8,11,19,23H,10H2,1-4H3/t19-/m1/s1. The number of dihydropyridines is 1. The van der Waals surface area contributed by atoms with Gasteiger partial charge < -0.3 is 10.1 Å². The van der Waals surface area contributed by atoms with Crippen LogP contribution in [0.1, 0.15) is 39.2 Å². The Bertz CT molecular complexity index is 851. The maximum absolute atomic E-state index is 12.3. The molecule has 7 heteroatoms. The highest BCUT2D eigenvalue weighted by Crippen LogP contribution is 2.41. The number of hydrogen-bond acceptors (Lipinski definition) is 6. The molecular weight excluding hydrogens is 384 g/mol. The second-order valence-electron chi connectivity index (χ2n) is 6.39. The summed E-state index contributed by atoms with van der Waals surface area (Å²) in [5.41, 5.74) is 2.39. The Morgan fingerprint density at radius 1 is 1.33 bits per heavy atom. The van der Waals surface area contributed by atoms with E-state index in [1.54, 1.807) is 45.0 Å². The number of Topliss-reactive ketones (excluding diaryl/α,β-unsaturated/α-hetero) is 1. The van der Waals surface area contributed by atoms with Gasteiger partial charge in [0.15, 0.2) is 5.78 Å². The third-order valence-corrected chi connectivity index (χ3v) is 5.17. The number of hydrogen-bond donors (Lipinski definition) is 1. The van der Waals surface area contributed by atoms with E-state index in [1.165, 1.54) is 18.7 Å². The first-order chi connectivity index (χ1) is 12.7. The maximum Gasteiger partial charge on any atom is 0.316 e. The van der Waals surface area contributed by atoms with Gasteiger partial charge in [0.25, 0.3) is 0 Å². The highest BCUT2D eigenvalue weighted by Gasteiger charge is 2.33. The summed E-state index contributed by atoms with van der Waals surface area (Å²) in [4.78, 5) is 24.2. The predicted octanol–water partition coefficient (Wildman–Crippen LogP) is 4.31. The van der Waals surface area contributed by atoms with Gasteiger partial charge in [-0.15, -0.1) is 0 Å². The smallest absolute Gasteiger partial charge is 0.316 e. The summed E-state index contributed by atoms with van der Waals surface area (Å²) < 4.78 is 5.15. The van der Waals surface area contributed by atoms with E-state index in [-0.39, 0.29) is 23.6 Å². The first-order valence-electron chi connectivity index (χ1n) is 8.45. The van der Waals surface area contributed by atoms with Gasteiger partial charge in [-0.05, 0) is 45.4 Å². The number of allylic oxidation sites excluding steroid dienone is 3. The summed E-state index contributed by atoms with van der Waals surface area (Å²) in [6, 6.07) is 9.29. The molecule has 5 nitrogen and oxygen atoms in total. The number of carbonyl (C=O) groups is 2. The number of nitrogens with one attached hydrogen (secondary N) is 1.